The fourth-order valence-corrected chi connectivity index (χ4v) is 11.4. The van der Waals surface area contributed by atoms with E-state index in [-0.39, 0.29) is 15.8 Å². The summed E-state index contributed by atoms with van der Waals surface area (Å²) in [4.78, 5) is 5.10. The number of halogens is 1. The Balaban J connectivity index is 0.00000233. The molecule has 1 heterocycles. The first kappa shape index (κ1) is 29.7. The van der Waals surface area contributed by atoms with Crippen LogP contribution in [0.15, 0.2) is 24.3 Å². The van der Waals surface area contributed by atoms with Crippen LogP contribution >= 0.6 is 25.5 Å². The van der Waals surface area contributed by atoms with E-state index >= 15 is 0 Å². The summed E-state index contributed by atoms with van der Waals surface area (Å²) in [5, 5.41) is 1.31. The van der Waals surface area contributed by atoms with Crippen molar-refractivity contribution in [3.8, 4) is 0 Å². The van der Waals surface area contributed by atoms with Crippen molar-refractivity contribution < 1.29 is 17.3 Å². The van der Waals surface area contributed by atoms with Crippen molar-refractivity contribution in [2.24, 2.45) is 0 Å². The second-order valence-electron chi connectivity index (χ2n) is 12.4. The first-order valence-electron chi connectivity index (χ1n) is 11.1. The van der Waals surface area contributed by atoms with Gasteiger partial charge in [0.2, 0.25) is 0 Å². The molecule has 0 saturated heterocycles. The van der Waals surface area contributed by atoms with Gasteiger partial charge in [-0.15, -0.1) is 0 Å². The molecule has 1 aliphatic rings. The van der Waals surface area contributed by atoms with E-state index in [1.807, 2.05) is 17.3 Å². The third kappa shape index (κ3) is 8.13. The molecule has 180 valence electrons. The van der Waals surface area contributed by atoms with E-state index in [1.165, 1.54) is 11.4 Å². The van der Waals surface area contributed by atoms with Crippen LogP contribution < -0.4 is 9.62 Å². The van der Waals surface area contributed by atoms with Crippen LogP contribution in [0.1, 0.15) is 83.1 Å². The van der Waals surface area contributed by atoms with Gasteiger partial charge in [-0.2, -0.15) is 0 Å². The molecule has 1 radical (unpaired) electrons. The number of nitrogens with zero attached hydrogens (tertiary/aromatic N) is 2. The zero-order valence-electron chi connectivity index (χ0n) is 21.8. The molecule has 1 aliphatic heterocycles. The maximum atomic E-state index is 4.57. The molecule has 0 amide bonds. The SMILES string of the molecule is CC(C)(C)P(CN1[B]N(CP(C(C)(C)C)C(C)(C)C)c2ccccc21)C(C)(C)C.[Cl][RhH]. The standard InChI is InChI=1S/C24H44BN2P2.ClH.Rh.H/c1-21(2,3)28(22(4,5)6)17-26-19-15-13-14-16-20(19)27(25-26)18-29(23(7,8)9)24(10,11)12;;;/h13-16H,17-18H2,1-12H3;1H;;/q;;+1;/p-1. The monoisotopic (exact) mass is 572 g/mol. The molecule has 2 rings (SSSR count). The second kappa shape index (κ2) is 10.9. The number of hydrogen-bond acceptors (Lipinski definition) is 2. The average molecular weight is 573 g/mol. The molecular formula is C24H45BClN2P2Rh. The third-order valence-electron chi connectivity index (χ3n) is 5.61. The van der Waals surface area contributed by atoms with E-state index in [0.717, 1.165) is 12.6 Å². The van der Waals surface area contributed by atoms with Gasteiger partial charge in [0, 0.05) is 23.9 Å². The fourth-order valence-electron chi connectivity index (χ4n) is 4.63. The number of benzene rings is 1. The molecule has 0 saturated carbocycles. The molecular weight excluding hydrogens is 527 g/mol. The van der Waals surface area contributed by atoms with E-state index < -0.39 is 0 Å². The molecule has 0 spiro atoms. The van der Waals surface area contributed by atoms with Gasteiger partial charge in [-0.3, -0.25) is 0 Å². The van der Waals surface area contributed by atoms with Crippen molar-refractivity contribution in [3.05, 3.63) is 24.3 Å². The Morgan fingerprint density at radius 3 is 1.13 bits per heavy atom. The normalized spacial score (nSPS) is 15.1. The van der Waals surface area contributed by atoms with Crippen molar-refractivity contribution in [2.45, 2.75) is 104 Å². The summed E-state index contributed by atoms with van der Waals surface area (Å²) in [5.74, 6) is 0. The van der Waals surface area contributed by atoms with Crippen LogP contribution in [0.4, 0.5) is 11.4 Å². The zero-order valence-corrected chi connectivity index (χ0v) is 26.1. The van der Waals surface area contributed by atoms with Crippen molar-refractivity contribution in [3.63, 3.8) is 0 Å². The average Bonchev–Trinajstić information content (AvgIpc) is 2.93. The second-order valence-corrected chi connectivity index (χ2v) is 20.0. The summed E-state index contributed by atoms with van der Waals surface area (Å²) in [6, 6.07) is 8.99. The van der Waals surface area contributed by atoms with Gasteiger partial charge in [0.1, 0.15) is 0 Å². The molecule has 2 nitrogen and oxygen atoms in total. The molecule has 1 aromatic rings. The van der Waals surface area contributed by atoms with Crippen molar-refractivity contribution in [1.82, 2.24) is 0 Å². The summed E-state index contributed by atoms with van der Waals surface area (Å²) >= 11 is 1.82. The van der Waals surface area contributed by atoms with Crippen LogP contribution in [0.2, 0.25) is 0 Å². The van der Waals surface area contributed by atoms with Crippen LogP contribution in [0.5, 0.6) is 0 Å². The predicted octanol–water partition coefficient (Wildman–Crippen LogP) is 8.34. The predicted molar refractivity (Wildman–Crippen MR) is 147 cm³/mol. The minimum absolute atomic E-state index is 0.189. The summed E-state index contributed by atoms with van der Waals surface area (Å²) < 4.78 is 0. The Hall–Kier alpha value is 0.658. The van der Waals surface area contributed by atoms with E-state index in [2.05, 4.69) is 134 Å². The van der Waals surface area contributed by atoms with Crippen molar-refractivity contribution in [1.29, 1.82) is 0 Å². The topological polar surface area (TPSA) is 6.48 Å². The minimum atomic E-state index is -0.189. The van der Waals surface area contributed by atoms with E-state index in [0.29, 0.717) is 20.6 Å². The van der Waals surface area contributed by atoms with Gasteiger partial charge in [-0.05, 0) is 32.8 Å². The zero-order chi connectivity index (χ0) is 24.4. The van der Waals surface area contributed by atoms with Gasteiger partial charge in [0.25, 0.3) is 0 Å². The fraction of sp³-hybridized carbons (Fsp3) is 0.750. The van der Waals surface area contributed by atoms with Gasteiger partial charge in [-0.1, -0.05) is 111 Å². The van der Waals surface area contributed by atoms with Crippen LogP contribution in [-0.4, -0.2) is 40.7 Å². The van der Waals surface area contributed by atoms with E-state index in [9.17, 15) is 0 Å². The summed E-state index contributed by atoms with van der Waals surface area (Å²) in [6.07, 6.45) is 2.25. The van der Waals surface area contributed by atoms with Crippen LogP contribution in [-0.2, 0) is 17.3 Å². The number of para-hydroxylation sites is 2. The summed E-state index contributed by atoms with van der Waals surface area (Å²) in [5.41, 5.74) is 2.76. The van der Waals surface area contributed by atoms with E-state index in [1.54, 1.807) is 0 Å². The van der Waals surface area contributed by atoms with Crippen LogP contribution in [0.3, 0.4) is 0 Å². The Kier molecular flexibility index (Phi) is 10.5. The number of fused-ring (bicyclic) bond motifs is 1. The molecule has 31 heavy (non-hydrogen) atoms. The summed E-state index contributed by atoms with van der Waals surface area (Å²) in [7, 11) is 6.61. The molecule has 0 atom stereocenters. The van der Waals surface area contributed by atoms with Crippen molar-refractivity contribution >= 4 is 44.5 Å². The molecule has 1 aromatic carbocycles. The Bertz CT molecular complexity index is 618. The van der Waals surface area contributed by atoms with Gasteiger partial charge in [0.05, 0.1) is 0 Å². The number of hydrogen-bond donors (Lipinski definition) is 0. The number of anilines is 2. The molecule has 0 fully saturated rings. The molecule has 0 aliphatic carbocycles. The van der Waals surface area contributed by atoms with Gasteiger partial charge in [0.15, 0.2) is 0 Å². The Labute approximate surface area is 211 Å². The molecule has 0 bridgehead atoms. The van der Waals surface area contributed by atoms with Gasteiger partial charge >= 0.3 is 34.6 Å². The van der Waals surface area contributed by atoms with Crippen LogP contribution in [0, 0.1) is 0 Å². The molecule has 0 N–H and O–H groups in total. The Morgan fingerprint density at radius 2 is 0.903 bits per heavy atom. The van der Waals surface area contributed by atoms with Gasteiger partial charge < -0.3 is 9.62 Å². The molecule has 0 aromatic heterocycles. The first-order valence-corrected chi connectivity index (χ1v) is 16.4. The summed E-state index contributed by atoms with van der Waals surface area (Å²) in [6.45, 7) is 29.0. The number of rotatable bonds is 4. The molecule has 7 heteroatoms. The first-order chi connectivity index (χ1) is 13.9. The van der Waals surface area contributed by atoms with Crippen molar-refractivity contribution in [2.75, 3.05) is 22.2 Å². The van der Waals surface area contributed by atoms with E-state index in [4.69, 9.17) is 0 Å². The quantitative estimate of drug-likeness (QED) is 0.264. The molecule has 0 unspecified atom stereocenters. The maximum absolute atomic E-state index is 4.57. The third-order valence-corrected chi connectivity index (χ3v) is 13.3. The Morgan fingerprint density at radius 1 is 0.645 bits per heavy atom. The van der Waals surface area contributed by atoms with Crippen LogP contribution in [0.25, 0.3) is 0 Å². The van der Waals surface area contributed by atoms with Gasteiger partial charge in [-0.25, -0.2) is 0 Å².